The number of nitrogens with zero attached hydrogens (tertiary/aromatic N) is 4. The predicted molar refractivity (Wildman–Crippen MR) is 139 cm³/mol. The summed E-state index contributed by atoms with van der Waals surface area (Å²) < 4.78 is 0. The molecule has 0 aliphatic heterocycles. The van der Waals surface area contributed by atoms with E-state index < -0.39 is 0 Å². The first-order chi connectivity index (χ1) is 17.2. The maximum absolute atomic E-state index is 9.24. The van der Waals surface area contributed by atoms with Gasteiger partial charge in [0.15, 0.2) is 0 Å². The van der Waals surface area contributed by atoms with Crippen LogP contribution in [0.4, 0.5) is 22.7 Å². The Morgan fingerprint density at radius 3 is 2.34 bits per heavy atom. The fraction of sp³-hybridized carbons (Fsp3) is 0. The Morgan fingerprint density at radius 1 is 0.714 bits per heavy atom. The van der Waals surface area contributed by atoms with Crippen LogP contribution in [0, 0.1) is 11.3 Å². The summed E-state index contributed by atoms with van der Waals surface area (Å²) in [6.07, 6.45) is 5.27. The van der Waals surface area contributed by atoms with Crippen molar-refractivity contribution < 1.29 is 0 Å². The van der Waals surface area contributed by atoms with E-state index in [1.54, 1.807) is 24.7 Å². The zero-order valence-electron chi connectivity index (χ0n) is 18.5. The summed E-state index contributed by atoms with van der Waals surface area (Å²) in [5.41, 5.74) is 8.06. The van der Waals surface area contributed by atoms with Crippen LogP contribution in [0.15, 0.2) is 97.5 Å². The zero-order chi connectivity index (χ0) is 23.6. The second-order valence-electron chi connectivity index (χ2n) is 8.08. The van der Waals surface area contributed by atoms with Gasteiger partial charge in [-0.2, -0.15) is 5.26 Å². The topological polar surface area (TPSA) is 102 Å². The molecule has 6 rings (SSSR count). The van der Waals surface area contributed by atoms with E-state index in [1.807, 2.05) is 72.8 Å². The molecule has 3 N–H and O–H groups in total. The molecule has 0 saturated heterocycles. The number of aromatic amines is 1. The van der Waals surface area contributed by atoms with Gasteiger partial charge in [-0.3, -0.25) is 9.97 Å². The van der Waals surface area contributed by atoms with Crippen LogP contribution in [-0.2, 0) is 0 Å². The second-order valence-corrected chi connectivity index (χ2v) is 8.08. The minimum atomic E-state index is 0.605. The minimum Gasteiger partial charge on any atom is -0.355 e. The Hall–Kier alpha value is -5.22. The van der Waals surface area contributed by atoms with Gasteiger partial charge in [-0.15, -0.1) is 0 Å². The number of imidazole rings is 1. The molecule has 7 nitrogen and oxygen atoms in total. The van der Waals surface area contributed by atoms with Gasteiger partial charge in [0.2, 0.25) is 0 Å². The molecule has 0 atom stereocenters. The number of nitrogens with one attached hydrogen (secondary N) is 3. The van der Waals surface area contributed by atoms with Crippen LogP contribution in [0.2, 0.25) is 0 Å². The number of fused-ring (bicyclic) bond motifs is 2. The van der Waals surface area contributed by atoms with E-state index in [1.165, 1.54) is 0 Å². The number of pyridine rings is 2. The van der Waals surface area contributed by atoms with Crippen LogP contribution < -0.4 is 10.6 Å². The molecule has 6 aromatic rings. The first kappa shape index (κ1) is 20.4. The van der Waals surface area contributed by atoms with Crippen LogP contribution in [-0.4, -0.2) is 19.9 Å². The fourth-order valence-electron chi connectivity index (χ4n) is 4.01. The van der Waals surface area contributed by atoms with E-state index in [4.69, 9.17) is 4.98 Å². The maximum Gasteiger partial charge on any atom is 0.138 e. The molecule has 0 fully saturated rings. The highest BCUT2D eigenvalue weighted by Crippen LogP contribution is 2.28. The van der Waals surface area contributed by atoms with Gasteiger partial charge in [-0.1, -0.05) is 0 Å². The number of benzene rings is 3. The van der Waals surface area contributed by atoms with Gasteiger partial charge < -0.3 is 15.6 Å². The van der Waals surface area contributed by atoms with Crippen molar-refractivity contribution in [1.82, 2.24) is 19.9 Å². The van der Waals surface area contributed by atoms with Crippen molar-refractivity contribution in [2.24, 2.45) is 0 Å². The van der Waals surface area contributed by atoms with Crippen LogP contribution in [0.1, 0.15) is 5.56 Å². The minimum absolute atomic E-state index is 0.605. The summed E-state index contributed by atoms with van der Waals surface area (Å²) in [6.45, 7) is 0. The van der Waals surface area contributed by atoms with Crippen molar-refractivity contribution in [2.45, 2.75) is 0 Å². The van der Waals surface area contributed by atoms with Gasteiger partial charge in [-0.25, -0.2) is 4.98 Å². The lowest BCUT2D eigenvalue weighted by Crippen LogP contribution is -1.93. The summed E-state index contributed by atoms with van der Waals surface area (Å²) in [5.74, 6) is 0.806. The molecule has 166 valence electrons. The normalized spacial score (nSPS) is 10.8. The van der Waals surface area contributed by atoms with Crippen molar-refractivity contribution in [1.29, 1.82) is 5.26 Å². The summed E-state index contributed by atoms with van der Waals surface area (Å²) in [5, 5.41) is 17.0. The van der Waals surface area contributed by atoms with Crippen molar-refractivity contribution in [3.63, 3.8) is 0 Å². The number of H-pyrrole nitrogens is 1. The van der Waals surface area contributed by atoms with Gasteiger partial charge in [0, 0.05) is 52.3 Å². The molecule has 0 spiro atoms. The van der Waals surface area contributed by atoms with Crippen molar-refractivity contribution in [2.75, 3.05) is 10.6 Å². The molecule has 35 heavy (non-hydrogen) atoms. The van der Waals surface area contributed by atoms with E-state index in [0.717, 1.165) is 56.1 Å². The SMILES string of the molecule is N#Cc1ccc2nccc(Nc3ccc(-c4nc5cc(Nc6ccncc6)ccc5[nH]4)cc3)c2c1. The summed E-state index contributed by atoms with van der Waals surface area (Å²) in [7, 11) is 0. The molecule has 0 aliphatic rings. The Morgan fingerprint density at radius 2 is 1.51 bits per heavy atom. The number of aromatic nitrogens is 4. The highest BCUT2D eigenvalue weighted by atomic mass is 14.9. The van der Waals surface area contributed by atoms with E-state index in [-0.39, 0.29) is 0 Å². The molecule has 0 amide bonds. The number of hydrogen-bond donors (Lipinski definition) is 3. The number of nitriles is 1. The maximum atomic E-state index is 9.24. The van der Waals surface area contributed by atoms with Gasteiger partial charge in [0.25, 0.3) is 0 Å². The Bertz CT molecular complexity index is 1700. The molecule has 7 heteroatoms. The summed E-state index contributed by atoms with van der Waals surface area (Å²) in [4.78, 5) is 16.6. The highest BCUT2D eigenvalue weighted by Gasteiger charge is 2.08. The summed E-state index contributed by atoms with van der Waals surface area (Å²) >= 11 is 0. The molecule has 3 aromatic carbocycles. The van der Waals surface area contributed by atoms with Gasteiger partial charge in [0.1, 0.15) is 5.82 Å². The van der Waals surface area contributed by atoms with E-state index in [2.05, 4.69) is 31.7 Å². The van der Waals surface area contributed by atoms with Crippen molar-refractivity contribution in [3.05, 3.63) is 103 Å². The molecule has 0 saturated carbocycles. The van der Waals surface area contributed by atoms with E-state index in [0.29, 0.717) is 5.56 Å². The van der Waals surface area contributed by atoms with Gasteiger partial charge in [0.05, 0.1) is 28.2 Å². The average Bonchev–Trinajstić information content (AvgIpc) is 3.33. The smallest absolute Gasteiger partial charge is 0.138 e. The molecule has 3 heterocycles. The third kappa shape index (κ3) is 4.12. The lowest BCUT2D eigenvalue weighted by molar-refractivity contribution is 1.32. The molecule has 0 unspecified atom stereocenters. The Labute approximate surface area is 201 Å². The van der Waals surface area contributed by atoms with Crippen LogP contribution >= 0.6 is 0 Å². The van der Waals surface area contributed by atoms with Gasteiger partial charge in [-0.05, 0) is 78.9 Å². The van der Waals surface area contributed by atoms with E-state index in [9.17, 15) is 5.26 Å². The molecule has 0 aliphatic carbocycles. The number of rotatable bonds is 5. The number of anilines is 4. The molecule has 0 radical (unpaired) electrons. The third-order valence-corrected chi connectivity index (χ3v) is 5.76. The van der Waals surface area contributed by atoms with E-state index >= 15 is 0 Å². The molecule has 3 aromatic heterocycles. The van der Waals surface area contributed by atoms with Crippen molar-refractivity contribution in [3.8, 4) is 17.5 Å². The summed E-state index contributed by atoms with van der Waals surface area (Å²) in [6, 6.07) is 27.6. The van der Waals surface area contributed by atoms with Gasteiger partial charge >= 0.3 is 0 Å². The quantitative estimate of drug-likeness (QED) is 0.274. The predicted octanol–water partition coefficient (Wildman–Crippen LogP) is 6.53. The first-order valence-electron chi connectivity index (χ1n) is 11.1. The lowest BCUT2D eigenvalue weighted by Gasteiger charge is -2.10. The monoisotopic (exact) mass is 453 g/mol. The lowest BCUT2D eigenvalue weighted by atomic mass is 10.1. The first-order valence-corrected chi connectivity index (χ1v) is 11.1. The van der Waals surface area contributed by atoms with Crippen LogP contribution in [0.3, 0.4) is 0 Å². The largest absolute Gasteiger partial charge is 0.355 e. The fourth-order valence-corrected chi connectivity index (χ4v) is 4.01. The molecular weight excluding hydrogens is 434 g/mol. The standard InChI is InChI=1S/C28H19N7/c29-17-18-1-7-24-23(15-18)25(11-14-31-24)33-20-4-2-19(3-5-20)28-34-26-8-6-22(16-27(26)35-28)32-21-9-12-30-13-10-21/h1-16H,(H,30,32)(H,31,33)(H,34,35). The molecule has 0 bridgehead atoms. The average molecular weight is 454 g/mol. The second kappa shape index (κ2) is 8.61. The van der Waals surface area contributed by atoms with Crippen LogP contribution in [0.25, 0.3) is 33.3 Å². The van der Waals surface area contributed by atoms with Crippen LogP contribution in [0.5, 0.6) is 0 Å². The third-order valence-electron chi connectivity index (χ3n) is 5.76. The Balaban J connectivity index is 1.25. The molecular formula is C28H19N7. The highest BCUT2D eigenvalue weighted by molar-refractivity contribution is 5.93. The zero-order valence-corrected chi connectivity index (χ0v) is 18.5. The Kier molecular flexibility index (Phi) is 5.02. The van der Waals surface area contributed by atoms with Crippen molar-refractivity contribution >= 4 is 44.7 Å². The number of hydrogen-bond acceptors (Lipinski definition) is 6.